The number of nitrogens with one attached hydrogen (secondary N) is 1. The van der Waals surface area contributed by atoms with Gasteiger partial charge in [-0.2, -0.15) is 0 Å². The number of carbonyl (C=O) groups excluding carboxylic acids is 3. The first kappa shape index (κ1) is 19.4. The number of aliphatic carboxylic acids is 1. The van der Waals surface area contributed by atoms with Crippen LogP contribution in [0.15, 0.2) is 24.3 Å². The van der Waals surface area contributed by atoms with Crippen molar-refractivity contribution in [2.45, 2.75) is 39.2 Å². The number of anilines is 2. The SMILES string of the molecule is CC(C)N(CCC(=O)O)C(=O)CCC(=O)N1CC(=O)Nc2ccccc21. The van der Waals surface area contributed by atoms with Crippen molar-refractivity contribution in [3.05, 3.63) is 24.3 Å². The fraction of sp³-hybridized carbons (Fsp3) is 0.444. The standard InChI is InChI=1S/C18H23N3O5/c1-12(2)20(10-9-18(25)26)16(23)7-8-17(24)21-11-15(22)19-13-5-3-4-6-14(13)21/h3-6,12H,7-11H2,1-2H3,(H,19,22)(H,25,26). The van der Waals surface area contributed by atoms with E-state index in [0.29, 0.717) is 11.4 Å². The average molecular weight is 361 g/mol. The molecule has 2 N–H and O–H groups in total. The van der Waals surface area contributed by atoms with E-state index in [2.05, 4.69) is 5.32 Å². The Kier molecular flexibility index (Phi) is 6.32. The lowest BCUT2D eigenvalue weighted by Crippen LogP contribution is -2.43. The van der Waals surface area contributed by atoms with Gasteiger partial charge < -0.3 is 20.2 Å². The summed E-state index contributed by atoms with van der Waals surface area (Å²) in [6.45, 7) is 3.62. The van der Waals surface area contributed by atoms with Gasteiger partial charge in [-0.05, 0) is 26.0 Å². The van der Waals surface area contributed by atoms with Crippen LogP contribution in [0.1, 0.15) is 33.1 Å². The summed E-state index contributed by atoms with van der Waals surface area (Å²) in [4.78, 5) is 50.3. The fourth-order valence-electron chi connectivity index (χ4n) is 2.84. The molecule has 1 aliphatic heterocycles. The zero-order chi connectivity index (χ0) is 19.3. The van der Waals surface area contributed by atoms with Crippen LogP contribution in [0.4, 0.5) is 11.4 Å². The summed E-state index contributed by atoms with van der Waals surface area (Å²) in [6, 6.07) is 6.83. The maximum atomic E-state index is 12.6. The topological polar surface area (TPSA) is 107 Å². The van der Waals surface area contributed by atoms with E-state index in [0.717, 1.165) is 0 Å². The Labute approximate surface area is 151 Å². The lowest BCUT2D eigenvalue weighted by atomic mass is 10.1. The van der Waals surface area contributed by atoms with Crippen molar-refractivity contribution in [3.8, 4) is 0 Å². The lowest BCUT2D eigenvalue weighted by Gasteiger charge is -2.30. The molecule has 1 aromatic carbocycles. The van der Waals surface area contributed by atoms with Gasteiger partial charge in [-0.25, -0.2) is 0 Å². The molecule has 0 fully saturated rings. The molecule has 1 heterocycles. The van der Waals surface area contributed by atoms with Crippen molar-refractivity contribution in [1.29, 1.82) is 0 Å². The van der Waals surface area contributed by atoms with E-state index in [1.807, 2.05) is 0 Å². The van der Waals surface area contributed by atoms with Crippen LogP contribution in [-0.4, -0.2) is 52.8 Å². The summed E-state index contributed by atoms with van der Waals surface area (Å²) in [7, 11) is 0. The maximum absolute atomic E-state index is 12.6. The van der Waals surface area contributed by atoms with Crippen molar-refractivity contribution >= 4 is 35.1 Å². The van der Waals surface area contributed by atoms with E-state index in [1.165, 1.54) is 9.80 Å². The predicted molar refractivity (Wildman–Crippen MR) is 95.8 cm³/mol. The lowest BCUT2D eigenvalue weighted by molar-refractivity contribution is -0.139. The first-order valence-corrected chi connectivity index (χ1v) is 8.50. The van der Waals surface area contributed by atoms with E-state index < -0.39 is 5.97 Å². The van der Waals surface area contributed by atoms with Crippen LogP contribution in [0.5, 0.6) is 0 Å². The van der Waals surface area contributed by atoms with Gasteiger partial charge >= 0.3 is 5.97 Å². The summed E-state index contributed by atoms with van der Waals surface area (Å²) in [6.07, 6.45) is -0.217. The molecule has 0 atom stereocenters. The smallest absolute Gasteiger partial charge is 0.305 e. The second-order valence-corrected chi connectivity index (χ2v) is 6.37. The molecule has 26 heavy (non-hydrogen) atoms. The molecule has 0 saturated carbocycles. The van der Waals surface area contributed by atoms with Crippen molar-refractivity contribution in [2.24, 2.45) is 0 Å². The predicted octanol–water partition coefficient (Wildman–Crippen LogP) is 1.46. The third-order valence-corrected chi connectivity index (χ3v) is 4.13. The van der Waals surface area contributed by atoms with Crippen LogP contribution in [0.2, 0.25) is 0 Å². The van der Waals surface area contributed by atoms with E-state index in [4.69, 9.17) is 5.11 Å². The molecule has 3 amide bonds. The summed E-state index contributed by atoms with van der Waals surface area (Å²) < 4.78 is 0. The first-order chi connectivity index (χ1) is 12.3. The minimum absolute atomic E-state index is 0.0308. The molecule has 8 nitrogen and oxygen atoms in total. The number of fused-ring (bicyclic) bond motifs is 1. The largest absolute Gasteiger partial charge is 0.481 e. The van der Waals surface area contributed by atoms with Gasteiger partial charge in [0.25, 0.3) is 0 Å². The Morgan fingerprint density at radius 2 is 1.88 bits per heavy atom. The van der Waals surface area contributed by atoms with Crippen LogP contribution < -0.4 is 10.2 Å². The first-order valence-electron chi connectivity index (χ1n) is 8.50. The molecule has 1 aliphatic rings. The molecular weight excluding hydrogens is 338 g/mol. The van der Waals surface area contributed by atoms with Crippen molar-refractivity contribution < 1.29 is 24.3 Å². The van der Waals surface area contributed by atoms with Gasteiger partial charge in [0.1, 0.15) is 6.54 Å². The number of carboxylic acid groups (broad SMARTS) is 1. The van der Waals surface area contributed by atoms with Gasteiger partial charge in [0.2, 0.25) is 17.7 Å². The van der Waals surface area contributed by atoms with Gasteiger partial charge in [0.05, 0.1) is 17.8 Å². The molecule has 1 aromatic rings. The summed E-state index contributed by atoms with van der Waals surface area (Å²) >= 11 is 0. The number of para-hydroxylation sites is 2. The number of nitrogens with zero attached hydrogens (tertiary/aromatic N) is 2. The third-order valence-electron chi connectivity index (χ3n) is 4.13. The number of hydrogen-bond acceptors (Lipinski definition) is 4. The molecule has 0 radical (unpaired) electrons. The third kappa shape index (κ3) is 4.81. The summed E-state index contributed by atoms with van der Waals surface area (Å²) in [5.74, 6) is -1.85. The van der Waals surface area contributed by atoms with Crippen LogP contribution in [0.3, 0.4) is 0 Å². The molecule has 0 bridgehead atoms. The number of rotatable bonds is 7. The molecule has 0 saturated heterocycles. The molecule has 0 aromatic heterocycles. The van der Waals surface area contributed by atoms with E-state index in [1.54, 1.807) is 38.1 Å². The number of benzene rings is 1. The Bertz CT molecular complexity index is 717. The minimum atomic E-state index is -0.976. The molecule has 8 heteroatoms. The highest BCUT2D eigenvalue weighted by Gasteiger charge is 2.27. The van der Waals surface area contributed by atoms with Crippen LogP contribution in [0.25, 0.3) is 0 Å². The zero-order valence-electron chi connectivity index (χ0n) is 14.9. The highest BCUT2D eigenvalue weighted by Crippen LogP contribution is 2.29. The van der Waals surface area contributed by atoms with E-state index >= 15 is 0 Å². The molecular formula is C18H23N3O5. The van der Waals surface area contributed by atoms with Crippen molar-refractivity contribution in [3.63, 3.8) is 0 Å². The number of amides is 3. The number of carbonyl (C=O) groups is 4. The fourth-order valence-corrected chi connectivity index (χ4v) is 2.84. The summed E-state index contributed by atoms with van der Waals surface area (Å²) in [5.41, 5.74) is 1.17. The molecule has 0 aliphatic carbocycles. The Morgan fingerprint density at radius 3 is 2.54 bits per heavy atom. The van der Waals surface area contributed by atoms with Gasteiger partial charge in [-0.1, -0.05) is 12.1 Å². The van der Waals surface area contributed by atoms with E-state index in [9.17, 15) is 19.2 Å². The molecule has 2 rings (SSSR count). The van der Waals surface area contributed by atoms with Gasteiger partial charge in [0, 0.05) is 25.4 Å². The van der Waals surface area contributed by atoms with Crippen LogP contribution in [-0.2, 0) is 19.2 Å². The highest BCUT2D eigenvalue weighted by atomic mass is 16.4. The number of carboxylic acids is 1. The minimum Gasteiger partial charge on any atom is -0.481 e. The molecule has 0 spiro atoms. The molecule has 140 valence electrons. The second-order valence-electron chi connectivity index (χ2n) is 6.37. The second kappa shape index (κ2) is 8.46. The highest BCUT2D eigenvalue weighted by molar-refractivity contribution is 6.10. The number of hydrogen-bond donors (Lipinski definition) is 2. The van der Waals surface area contributed by atoms with Gasteiger partial charge in [0.15, 0.2) is 0 Å². The summed E-state index contributed by atoms with van der Waals surface area (Å²) in [5, 5.41) is 11.5. The monoisotopic (exact) mass is 361 g/mol. The average Bonchev–Trinajstić information content (AvgIpc) is 2.58. The Hall–Kier alpha value is -2.90. The Balaban J connectivity index is 2.00. The zero-order valence-corrected chi connectivity index (χ0v) is 14.9. The maximum Gasteiger partial charge on any atom is 0.305 e. The Morgan fingerprint density at radius 1 is 1.19 bits per heavy atom. The molecule has 0 unspecified atom stereocenters. The normalized spacial score (nSPS) is 13.2. The van der Waals surface area contributed by atoms with E-state index in [-0.39, 0.29) is 56.1 Å². The van der Waals surface area contributed by atoms with Gasteiger partial charge in [-0.3, -0.25) is 19.2 Å². The quantitative estimate of drug-likeness (QED) is 0.765. The van der Waals surface area contributed by atoms with Crippen molar-refractivity contribution in [2.75, 3.05) is 23.3 Å². The van der Waals surface area contributed by atoms with Crippen LogP contribution in [0, 0.1) is 0 Å². The van der Waals surface area contributed by atoms with Crippen molar-refractivity contribution in [1.82, 2.24) is 4.90 Å². The van der Waals surface area contributed by atoms with Crippen LogP contribution >= 0.6 is 0 Å². The van der Waals surface area contributed by atoms with Gasteiger partial charge in [-0.15, -0.1) is 0 Å².